The van der Waals surface area contributed by atoms with Crippen molar-refractivity contribution in [2.45, 2.75) is 70.5 Å². The SMILES string of the molecule is CCc1cc(Nc2ncc(Cl)c(Nc3ccccc3P(C)(C)=O)n2)c(OC)cc1N1CCC(N2CCN(CCCCOc3cccc4c3CN(C3CCC(=O)NC3=O)C4=O)C(=O)C2)CC1. The van der Waals surface area contributed by atoms with E-state index in [0.29, 0.717) is 83.5 Å². The standard InChI is InChI=1S/C47H57ClN9O7P/c1-5-30-25-36(51-47-49-27-34(48)44(53-47)50-35-12-6-7-14-41(35)65(3,4)62)40(63-2)26-38(30)54-20-17-31(18-21-54)56-23-22-55(43(59)29-56)19-8-9-24-64-39-13-10-11-32-33(39)28-57(46(32)61)37-15-16-42(58)52-45(37)60/h6-7,10-14,25-27,31,37H,5,8-9,15-24,28-29H2,1-4H3,(H,52,58,60)(H2,49,50,51,53). The molecule has 3 N–H and O–H groups in total. The molecule has 0 saturated carbocycles. The van der Waals surface area contributed by atoms with Crippen molar-refractivity contribution in [3.05, 3.63) is 82.5 Å². The summed E-state index contributed by atoms with van der Waals surface area (Å²) in [6.07, 6.45) is 6.27. The summed E-state index contributed by atoms with van der Waals surface area (Å²) in [5.41, 5.74) is 4.96. The molecule has 4 aliphatic heterocycles. The number of methoxy groups -OCH3 is 1. The highest BCUT2D eigenvalue weighted by Crippen LogP contribution is 2.40. The van der Waals surface area contributed by atoms with E-state index < -0.39 is 19.1 Å². The average molecular weight is 926 g/mol. The van der Waals surface area contributed by atoms with Crippen LogP contribution in [-0.4, -0.2) is 127 Å². The van der Waals surface area contributed by atoms with E-state index in [0.717, 1.165) is 74.2 Å². The van der Waals surface area contributed by atoms with Gasteiger partial charge in [-0.25, -0.2) is 4.98 Å². The fraction of sp³-hybridized carbons (Fsp3) is 0.447. The molecule has 4 aromatic rings. The second-order valence-corrected chi connectivity index (χ2v) is 20.9. The summed E-state index contributed by atoms with van der Waals surface area (Å²) in [6.45, 7) is 10.6. The molecule has 1 aromatic heterocycles. The Bertz CT molecular complexity index is 2510. The highest BCUT2D eigenvalue weighted by Gasteiger charge is 2.40. The second-order valence-electron chi connectivity index (χ2n) is 17.4. The summed E-state index contributed by atoms with van der Waals surface area (Å²) < 4.78 is 25.0. The lowest BCUT2D eigenvalue weighted by atomic mass is 9.99. The molecule has 18 heteroatoms. The van der Waals surface area contributed by atoms with Crippen molar-refractivity contribution in [1.82, 2.24) is 30.0 Å². The normalized spacial score (nSPS) is 18.5. The third kappa shape index (κ3) is 10.2. The zero-order chi connectivity index (χ0) is 45.8. The minimum Gasteiger partial charge on any atom is -0.494 e. The Morgan fingerprint density at radius 3 is 2.45 bits per heavy atom. The zero-order valence-corrected chi connectivity index (χ0v) is 39.1. The van der Waals surface area contributed by atoms with Crippen LogP contribution in [0, 0.1) is 0 Å². The van der Waals surface area contributed by atoms with E-state index >= 15 is 0 Å². The van der Waals surface area contributed by atoms with Gasteiger partial charge in [0.2, 0.25) is 23.7 Å². The molecule has 3 aromatic carbocycles. The topological polar surface area (TPSA) is 179 Å². The summed E-state index contributed by atoms with van der Waals surface area (Å²) in [6, 6.07) is 16.6. The van der Waals surface area contributed by atoms with Crippen molar-refractivity contribution >= 4 is 76.5 Å². The first-order chi connectivity index (χ1) is 31.3. The fourth-order valence-corrected chi connectivity index (χ4v) is 10.6. The molecule has 8 rings (SSSR count). The van der Waals surface area contributed by atoms with E-state index in [9.17, 15) is 23.7 Å². The van der Waals surface area contributed by atoms with Crippen LogP contribution >= 0.6 is 18.7 Å². The number of piperazine rings is 1. The predicted molar refractivity (Wildman–Crippen MR) is 252 cm³/mol. The van der Waals surface area contributed by atoms with Gasteiger partial charge in [0.1, 0.15) is 29.7 Å². The van der Waals surface area contributed by atoms with E-state index in [1.807, 2.05) is 35.2 Å². The Labute approximate surface area is 384 Å². The number of carbonyl (C=O) groups is 4. The van der Waals surface area contributed by atoms with Crippen molar-refractivity contribution in [2.75, 3.05) is 81.8 Å². The molecule has 3 fully saturated rings. The third-order valence-electron chi connectivity index (χ3n) is 12.8. The molecule has 1 atom stereocenters. The van der Waals surface area contributed by atoms with E-state index in [4.69, 9.17) is 21.1 Å². The van der Waals surface area contributed by atoms with Crippen LogP contribution in [0.4, 0.5) is 28.8 Å². The molecule has 16 nitrogen and oxygen atoms in total. The first-order valence-electron chi connectivity index (χ1n) is 22.4. The number of fused-ring (bicyclic) bond motifs is 1. The minimum atomic E-state index is -2.57. The van der Waals surface area contributed by atoms with Crippen LogP contribution in [0.5, 0.6) is 11.5 Å². The van der Waals surface area contributed by atoms with Gasteiger partial charge in [0, 0.05) is 73.4 Å². The summed E-state index contributed by atoms with van der Waals surface area (Å²) in [5, 5.41) is 9.97. The number of aromatic nitrogens is 2. The van der Waals surface area contributed by atoms with Crippen molar-refractivity contribution in [3.63, 3.8) is 0 Å². The van der Waals surface area contributed by atoms with E-state index in [2.05, 4.69) is 54.8 Å². The van der Waals surface area contributed by atoms with Gasteiger partial charge in [-0.2, -0.15) is 4.98 Å². The second kappa shape index (κ2) is 19.8. The number of para-hydroxylation sites is 1. The van der Waals surface area contributed by atoms with Gasteiger partial charge in [0.25, 0.3) is 5.91 Å². The number of halogens is 1. The van der Waals surface area contributed by atoms with Gasteiger partial charge in [-0.05, 0) is 87.7 Å². The van der Waals surface area contributed by atoms with Gasteiger partial charge in [-0.1, -0.05) is 36.7 Å². The molecule has 0 radical (unpaired) electrons. The number of nitrogens with one attached hydrogen (secondary N) is 3. The molecule has 65 heavy (non-hydrogen) atoms. The van der Waals surface area contributed by atoms with Gasteiger partial charge in [-0.3, -0.25) is 29.4 Å². The highest BCUT2D eigenvalue weighted by molar-refractivity contribution is 7.70. The molecule has 0 aliphatic carbocycles. The minimum absolute atomic E-state index is 0.152. The smallest absolute Gasteiger partial charge is 0.255 e. The highest BCUT2D eigenvalue weighted by atomic mass is 35.5. The van der Waals surface area contributed by atoms with Crippen LogP contribution in [-0.2, 0) is 31.9 Å². The van der Waals surface area contributed by atoms with Gasteiger partial charge in [0.05, 0.1) is 44.4 Å². The average Bonchev–Trinajstić information content (AvgIpc) is 3.63. The lowest BCUT2D eigenvalue weighted by Gasteiger charge is -2.43. The van der Waals surface area contributed by atoms with E-state index in [1.54, 1.807) is 32.6 Å². The van der Waals surface area contributed by atoms with Gasteiger partial charge < -0.3 is 39.4 Å². The van der Waals surface area contributed by atoms with Crippen molar-refractivity contribution < 1.29 is 33.2 Å². The maximum Gasteiger partial charge on any atom is 0.255 e. The number of benzene rings is 3. The fourth-order valence-electron chi connectivity index (χ4n) is 9.30. The monoisotopic (exact) mass is 925 g/mol. The van der Waals surface area contributed by atoms with Crippen LogP contribution < -0.4 is 35.6 Å². The Morgan fingerprint density at radius 1 is 0.908 bits per heavy atom. The number of hydrogen-bond acceptors (Lipinski definition) is 13. The van der Waals surface area contributed by atoms with Crippen molar-refractivity contribution in [2.24, 2.45) is 0 Å². The van der Waals surface area contributed by atoms with Crippen molar-refractivity contribution in [1.29, 1.82) is 0 Å². The Balaban J connectivity index is 0.804. The molecule has 3 saturated heterocycles. The molecule has 1 unspecified atom stereocenters. The quantitative estimate of drug-likeness (QED) is 0.0661. The largest absolute Gasteiger partial charge is 0.494 e. The molecule has 0 spiro atoms. The number of carbonyl (C=O) groups excluding carboxylic acids is 4. The van der Waals surface area contributed by atoms with Crippen LogP contribution in [0.2, 0.25) is 5.02 Å². The maximum atomic E-state index is 13.4. The van der Waals surface area contributed by atoms with E-state index in [-0.39, 0.29) is 30.7 Å². The van der Waals surface area contributed by atoms with Crippen LogP contribution in [0.15, 0.2) is 60.8 Å². The third-order valence-corrected chi connectivity index (χ3v) is 14.6. The zero-order valence-electron chi connectivity index (χ0n) is 37.4. The van der Waals surface area contributed by atoms with Crippen molar-refractivity contribution in [3.8, 4) is 11.5 Å². The predicted octanol–water partition coefficient (Wildman–Crippen LogP) is 6.17. The Kier molecular flexibility index (Phi) is 14.0. The molecular formula is C47H57ClN9O7P. The number of amides is 4. The number of nitrogens with zero attached hydrogens (tertiary/aromatic N) is 6. The summed E-state index contributed by atoms with van der Waals surface area (Å²) in [4.78, 5) is 68.0. The van der Waals surface area contributed by atoms with Crippen LogP contribution in [0.3, 0.4) is 0 Å². The number of hydrogen-bond donors (Lipinski definition) is 3. The lowest BCUT2D eigenvalue weighted by Crippen LogP contribution is -2.55. The summed E-state index contributed by atoms with van der Waals surface area (Å²) >= 11 is 6.52. The molecule has 5 heterocycles. The van der Waals surface area contributed by atoms with Gasteiger partial charge in [-0.15, -0.1) is 0 Å². The summed E-state index contributed by atoms with van der Waals surface area (Å²) in [7, 11) is -0.925. The van der Waals surface area contributed by atoms with Crippen LogP contribution in [0.25, 0.3) is 0 Å². The summed E-state index contributed by atoms with van der Waals surface area (Å²) in [5.74, 6) is 1.17. The first kappa shape index (κ1) is 45.9. The number of rotatable bonds is 16. The molecule has 344 valence electrons. The maximum absolute atomic E-state index is 13.4. The number of aryl methyl sites for hydroxylation is 1. The lowest BCUT2D eigenvalue weighted by molar-refractivity contribution is -0.138. The number of piperidine rings is 2. The Morgan fingerprint density at radius 2 is 1.71 bits per heavy atom. The van der Waals surface area contributed by atoms with E-state index in [1.165, 1.54) is 11.1 Å². The molecular weight excluding hydrogens is 869 g/mol. The van der Waals surface area contributed by atoms with Crippen LogP contribution in [0.1, 0.15) is 66.9 Å². The number of ether oxygens (including phenoxy) is 2. The molecule has 4 aliphatic rings. The molecule has 0 bridgehead atoms. The first-order valence-corrected chi connectivity index (χ1v) is 25.4. The molecule has 4 amide bonds. The number of anilines is 5. The Hall–Kier alpha value is -5.70. The number of unbranched alkanes of at least 4 members (excludes halogenated alkanes) is 1. The van der Waals surface area contributed by atoms with Gasteiger partial charge in [0.15, 0.2) is 5.82 Å². The number of imide groups is 1. The van der Waals surface area contributed by atoms with Gasteiger partial charge >= 0.3 is 0 Å².